The standard InChI is InChI=1S/C21H21N3O3/c1-14-7-9-16(10-8-14)19-11-12-20(25)24(23-19)15(2)21(26)22-17-5-4-6-18(13-17)27-3/h4-13,15H,1-3H3,(H,22,26). The van der Waals surface area contributed by atoms with Crippen molar-refractivity contribution in [1.82, 2.24) is 9.78 Å². The van der Waals surface area contributed by atoms with Crippen LogP contribution in [-0.4, -0.2) is 22.8 Å². The molecule has 3 aromatic rings. The summed E-state index contributed by atoms with van der Waals surface area (Å²) in [5, 5.41) is 7.18. The van der Waals surface area contributed by atoms with Gasteiger partial charge in [-0.25, -0.2) is 4.68 Å². The lowest BCUT2D eigenvalue weighted by atomic mass is 10.1. The molecule has 0 spiro atoms. The molecular formula is C21H21N3O3. The Balaban J connectivity index is 1.85. The van der Waals surface area contributed by atoms with E-state index in [-0.39, 0.29) is 11.5 Å². The lowest BCUT2D eigenvalue weighted by Crippen LogP contribution is -2.33. The number of benzene rings is 2. The van der Waals surface area contributed by atoms with E-state index in [1.165, 1.54) is 10.7 Å². The Hall–Kier alpha value is -3.41. The summed E-state index contributed by atoms with van der Waals surface area (Å²) in [6, 6.07) is 17.2. The van der Waals surface area contributed by atoms with Crippen molar-refractivity contribution in [3.63, 3.8) is 0 Å². The lowest BCUT2D eigenvalue weighted by molar-refractivity contribution is -0.119. The van der Waals surface area contributed by atoms with Gasteiger partial charge in [-0.3, -0.25) is 9.59 Å². The number of amides is 1. The second-order valence-electron chi connectivity index (χ2n) is 6.26. The summed E-state index contributed by atoms with van der Waals surface area (Å²) >= 11 is 0. The SMILES string of the molecule is COc1cccc(NC(=O)C(C)n2nc(-c3ccc(C)cc3)ccc2=O)c1. The molecule has 0 aliphatic rings. The molecule has 0 aliphatic heterocycles. The van der Waals surface area contributed by atoms with Gasteiger partial charge in [-0.1, -0.05) is 35.9 Å². The molecule has 3 rings (SSSR count). The number of rotatable bonds is 5. The molecule has 0 saturated heterocycles. The van der Waals surface area contributed by atoms with E-state index in [1.807, 2.05) is 31.2 Å². The molecular weight excluding hydrogens is 342 g/mol. The zero-order chi connectivity index (χ0) is 19.4. The second kappa shape index (κ2) is 7.86. The number of aryl methyl sites for hydroxylation is 1. The van der Waals surface area contributed by atoms with Crippen molar-refractivity contribution in [2.75, 3.05) is 12.4 Å². The monoisotopic (exact) mass is 363 g/mol. The summed E-state index contributed by atoms with van der Waals surface area (Å²) in [6.07, 6.45) is 0. The Morgan fingerprint density at radius 3 is 2.56 bits per heavy atom. The van der Waals surface area contributed by atoms with Gasteiger partial charge in [0.1, 0.15) is 11.8 Å². The normalized spacial score (nSPS) is 11.7. The van der Waals surface area contributed by atoms with Crippen molar-refractivity contribution in [3.8, 4) is 17.0 Å². The van der Waals surface area contributed by atoms with E-state index in [1.54, 1.807) is 44.4 Å². The Morgan fingerprint density at radius 2 is 1.85 bits per heavy atom. The number of ether oxygens (including phenoxy) is 1. The maximum atomic E-state index is 12.6. The van der Waals surface area contributed by atoms with Gasteiger partial charge in [-0.2, -0.15) is 5.10 Å². The first kappa shape index (κ1) is 18.4. The third-order valence-electron chi connectivity index (χ3n) is 4.26. The number of methoxy groups -OCH3 is 1. The largest absolute Gasteiger partial charge is 0.497 e. The van der Waals surface area contributed by atoms with Crippen LogP contribution in [0.5, 0.6) is 5.75 Å². The fourth-order valence-electron chi connectivity index (χ4n) is 2.64. The van der Waals surface area contributed by atoms with Gasteiger partial charge in [-0.05, 0) is 32.0 Å². The van der Waals surface area contributed by atoms with Gasteiger partial charge in [0.15, 0.2) is 0 Å². The van der Waals surface area contributed by atoms with Crippen LogP contribution in [0.1, 0.15) is 18.5 Å². The van der Waals surface area contributed by atoms with E-state index in [4.69, 9.17) is 4.74 Å². The van der Waals surface area contributed by atoms with E-state index in [9.17, 15) is 9.59 Å². The minimum Gasteiger partial charge on any atom is -0.497 e. The van der Waals surface area contributed by atoms with Gasteiger partial charge < -0.3 is 10.1 Å². The van der Waals surface area contributed by atoms with Crippen molar-refractivity contribution in [2.45, 2.75) is 19.9 Å². The summed E-state index contributed by atoms with van der Waals surface area (Å²) in [5.74, 6) is 0.302. The number of hydrogen-bond acceptors (Lipinski definition) is 4. The molecule has 1 amide bonds. The first-order valence-corrected chi connectivity index (χ1v) is 8.60. The summed E-state index contributed by atoms with van der Waals surface area (Å²) in [6.45, 7) is 3.64. The van der Waals surface area contributed by atoms with Gasteiger partial charge >= 0.3 is 0 Å². The Labute approximate surface area is 157 Å². The number of nitrogens with one attached hydrogen (secondary N) is 1. The topological polar surface area (TPSA) is 73.2 Å². The zero-order valence-electron chi connectivity index (χ0n) is 15.5. The summed E-state index contributed by atoms with van der Waals surface area (Å²) in [5.41, 5.74) is 2.91. The predicted octanol–water partition coefficient (Wildman–Crippen LogP) is 3.43. The van der Waals surface area contributed by atoms with Crippen molar-refractivity contribution >= 4 is 11.6 Å². The molecule has 2 aromatic carbocycles. The summed E-state index contributed by atoms with van der Waals surface area (Å²) in [4.78, 5) is 24.9. The molecule has 0 fully saturated rings. The first-order chi connectivity index (χ1) is 13.0. The number of hydrogen-bond donors (Lipinski definition) is 1. The van der Waals surface area contributed by atoms with Crippen LogP contribution in [-0.2, 0) is 4.79 Å². The molecule has 0 radical (unpaired) electrons. The van der Waals surface area contributed by atoms with Crippen molar-refractivity contribution in [2.24, 2.45) is 0 Å². The van der Waals surface area contributed by atoms with Gasteiger partial charge in [0.25, 0.3) is 5.56 Å². The van der Waals surface area contributed by atoms with Crippen molar-refractivity contribution in [3.05, 3.63) is 76.6 Å². The third kappa shape index (κ3) is 4.23. The van der Waals surface area contributed by atoms with Crippen molar-refractivity contribution in [1.29, 1.82) is 0 Å². The zero-order valence-corrected chi connectivity index (χ0v) is 15.5. The minimum atomic E-state index is -0.769. The molecule has 138 valence electrons. The number of anilines is 1. The Kier molecular flexibility index (Phi) is 5.35. The van der Waals surface area contributed by atoms with E-state index in [0.29, 0.717) is 17.1 Å². The van der Waals surface area contributed by atoms with Gasteiger partial charge in [0.2, 0.25) is 5.91 Å². The first-order valence-electron chi connectivity index (χ1n) is 8.60. The highest BCUT2D eigenvalue weighted by atomic mass is 16.5. The molecule has 6 heteroatoms. The molecule has 0 saturated carbocycles. The summed E-state index contributed by atoms with van der Waals surface area (Å²) in [7, 11) is 1.56. The molecule has 0 bridgehead atoms. The number of carbonyl (C=O) groups is 1. The van der Waals surface area contributed by atoms with Crippen LogP contribution in [0.4, 0.5) is 5.69 Å². The lowest BCUT2D eigenvalue weighted by Gasteiger charge is -2.15. The highest BCUT2D eigenvalue weighted by Crippen LogP contribution is 2.19. The van der Waals surface area contributed by atoms with Crippen LogP contribution in [0.2, 0.25) is 0 Å². The van der Waals surface area contributed by atoms with Crippen LogP contribution < -0.4 is 15.6 Å². The van der Waals surface area contributed by atoms with E-state index in [2.05, 4.69) is 10.4 Å². The third-order valence-corrected chi connectivity index (χ3v) is 4.26. The number of nitrogens with zero attached hydrogens (tertiary/aromatic N) is 2. The van der Waals surface area contributed by atoms with Crippen LogP contribution in [0.25, 0.3) is 11.3 Å². The molecule has 1 unspecified atom stereocenters. The summed E-state index contributed by atoms with van der Waals surface area (Å²) < 4.78 is 6.35. The molecule has 6 nitrogen and oxygen atoms in total. The maximum absolute atomic E-state index is 12.6. The highest BCUT2D eigenvalue weighted by Gasteiger charge is 2.18. The van der Waals surface area contributed by atoms with E-state index < -0.39 is 6.04 Å². The fourth-order valence-corrected chi connectivity index (χ4v) is 2.64. The van der Waals surface area contributed by atoms with Crippen LogP contribution in [0.3, 0.4) is 0 Å². The molecule has 1 aromatic heterocycles. The quantitative estimate of drug-likeness (QED) is 0.754. The van der Waals surface area contributed by atoms with Gasteiger partial charge in [0, 0.05) is 23.4 Å². The second-order valence-corrected chi connectivity index (χ2v) is 6.26. The highest BCUT2D eigenvalue weighted by molar-refractivity contribution is 5.93. The van der Waals surface area contributed by atoms with Crippen molar-refractivity contribution < 1.29 is 9.53 Å². The molecule has 0 aliphatic carbocycles. The number of carbonyl (C=O) groups excluding carboxylic acids is 1. The molecule has 1 heterocycles. The Bertz CT molecular complexity index is 1010. The average Bonchev–Trinajstić information content (AvgIpc) is 2.68. The maximum Gasteiger partial charge on any atom is 0.267 e. The predicted molar refractivity (Wildman–Crippen MR) is 105 cm³/mol. The van der Waals surface area contributed by atoms with Crippen LogP contribution in [0, 0.1) is 6.92 Å². The fraction of sp³-hybridized carbons (Fsp3) is 0.190. The van der Waals surface area contributed by atoms with Crippen LogP contribution >= 0.6 is 0 Å². The smallest absolute Gasteiger partial charge is 0.267 e. The minimum absolute atomic E-state index is 0.334. The average molecular weight is 363 g/mol. The van der Waals surface area contributed by atoms with Crippen LogP contribution in [0.15, 0.2) is 65.5 Å². The number of aromatic nitrogens is 2. The van der Waals surface area contributed by atoms with E-state index in [0.717, 1.165) is 11.1 Å². The molecule has 27 heavy (non-hydrogen) atoms. The van der Waals surface area contributed by atoms with Gasteiger partial charge in [0.05, 0.1) is 12.8 Å². The molecule has 1 N–H and O–H groups in total. The van der Waals surface area contributed by atoms with E-state index >= 15 is 0 Å². The molecule has 1 atom stereocenters. The Morgan fingerprint density at radius 1 is 1.11 bits per heavy atom. The van der Waals surface area contributed by atoms with Gasteiger partial charge in [-0.15, -0.1) is 0 Å².